The van der Waals surface area contributed by atoms with E-state index in [1.54, 1.807) is 0 Å². The molecule has 1 aliphatic heterocycles. The van der Waals surface area contributed by atoms with Crippen molar-refractivity contribution in [3.63, 3.8) is 0 Å². The number of hydrogen-bond acceptors (Lipinski definition) is 2. The second-order valence-electron chi connectivity index (χ2n) is 5.92. The normalized spacial score (nSPS) is 35.8. The Morgan fingerprint density at radius 3 is 1.35 bits per heavy atom. The smallest absolute Gasteiger partial charge is 0.0626 e. The molecule has 2 atom stereocenters. The molecule has 0 spiro atoms. The van der Waals surface area contributed by atoms with E-state index in [-0.39, 0.29) is 17.2 Å². The van der Waals surface area contributed by atoms with Crippen molar-refractivity contribution in [3.8, 4) is 0 Å². The molecule has 0 aromatic heterocycles. The van der Waals surface area contributed by atoms with Crippen LogP contribution in [0.15, 0.2) is 0 Å². The minimum absolute atomic E-state index is 0.109. The average molecular weight is 241 g/mol. The molecule has 1 fully saturated rings. The summed E-state index contributed by atoms with van der Waals surface area (Å²) in [6.07, 6.45) is 4.19. The number of piperidine rings is 1. The molecule has 1 aliphatic rings. The summed E-state index contributed by atoms with van der Waals surface area (Å²) in [6.45, 7) is 13.4. The molecule has 17 heavy (non-hydrogen) atoms. The van der Waals surface area contributed by atoms with Crippen LogP contribution in [0.1, 0.15) is 67.2 Å². The number of nitrogens with one attached hydrogen (secondary N) is 1. The van der Waals surface area contributed by atoms with E-state index in [4.69, 9.17) is 0 Å². The van der Waals surface area contributed by atoms with Crippen LogP contribution in [0, 0.1) is 11.8 Å². The van der Waals surface area contributed by atoms with E-state index < -0.39 is 0 Å². The SMILES string of the molecule is CCC1(CC)NC(CC)(CC)C(C)C(O)C1C. The summed E-state index contributed by atoms with van der Waals surface area (Å²) in [5.41, 5.74) is 0.218. The van der Waals surface area contributed by atoms with Crippen molar-refractivity contribution in [1.29, 1.82) is 0 Å². The molecule has 0 amide bonds. The van der Waals surface area contributed by atoms with Crippen molar-refractivity contribution in [1.82, 2.24) is 5.32 Å². The van der Waals surface area contributed by atoms with Crippen LogP contribution >= 0.6 is 0 Å². The van der Waals surface area contributed by atoms with Gasteiger partial charge in [0.05, 0.1) is 6.10 Å². The van der Waals surface area contributed by atoms with Crippen LogP contribution in [0.25, 0.3) is 0 Å². The molecule has 102 valence electrons. The van der Waals surface area contributed by atoms with Gasteiger partial charge in [0, 0.05) is 22.9 Å². The summed E-state index contributed by atoms with van der Waals surface area (Å²) in [5, 5.41) is 14.6. The Labute approximate surface area is 107 Å². The van der Waals surface area contributed by atoms with Gasteiger partial charge in [-0.25, -0.2) is 0 Å². The molecule has 0 saturated carbocycles. The first-order valence-electron chi connectivity index (χ1n) is 7.40. The molecule has 1 heterocycles. The Morgan fingerprint density at radius 2 is 1.12 bits per heavy atom. The van der Waals surface area contributed by atoms with Crippen molar-refractivity contribution < 1.29 is 5.11 Å². The van der Waals surface area contributed by atoms with E-state index in [1.165, 1.54) is 0 Å². The van der Waals surface area contributed by atoms with Gasteiger partial charge in [-0.2, -0.15) is 0 Å². The number of hydrogen-bond donors (Lipinski definition) is 2. The van der Waals surface area contributed by atoms with Crippen LogP contribution in [0.2, 0.25) is 0 Å². The van der Waals surface area contributed by atoms with Crippen molar-refractivity contribution in [2.45, 2.75) is 84.4 Å². The highest BCUT2D eigenvalue weighted by molar-refractivity contribution is 5.09. The van der Waals surface area contributed by atoms with Gasteiger partial charge in [0.15, 0.2) is 0 Å². The Bertz CT molecular complexity index is 219. The fourth-order valence-electron chi connectivity index (χ4n) is 3.95. The molecule has 2 N–H and O–H groups in total. The van der Waals surface area contributed by atoms with E-state index in [0.29, 0.717) is 11.8 Å². The standard InChI is InChI=1S/C15H31NO/c1-7-14(8-2)11(5)13(17)12(6)15(9-3,10-4)16-14/h11-13,16-17H,7-10H2,1-6H3. The maximum absolute atomic E-state index is 10.6. The first kappa shape index (κ1) is 15.0. The quantitative estimate of drug-likeness (QED) is 0.791. The average Bonchev–Trinajstić information content (AvgIpc) is 2.38. The van der Waals surface area contributed by atoms with Crippen molar-refractivity contribution in [2.75, 3.05) is 0 Å². The second kappa shape index (κ2) is 5.27. The van der Waals surface area contributed by atoms with Gasteiger partial charge < -0.3 is 10.4 Å². The fraction of sp³-hybridized carbons (Fsp3) is 1.00. The first-order chi connectivity index (χ1) is 7.93. The molecule has 1 saturated heterocycles. The molecule has 0 aromatic carbocycles. The highest BCUT2D eigenvalue weighted by Gasteiger charge is 2.52. The molecule has 2 nitrogen and oxygen atoms in total. The molecular weight excluding hydrogens is 210 g/mol. The Hall–Kier alpha value is -0.0800. The van der Waals surface area contributed by atoms with Crippen molar-refractivity contribution >= 4 is 0 Å². The van der Waals surface area contributed by atoms with Gasteiger partial charge in [0.25, 0.3) is 0 Å². The fourth-order valence-corrected chi connectivity index (χ4v) is 3.95. The van der Waals surface area contributed by atoms with Gasteiger partial charge in [0.1, 0.15) is 0 Å². The second-order valence-corrected chi connectivity index (χ2v) is 5.92. The van der Waals surface area contributed by atoms with E-state index >= 15 is 0 Å². The highest BCUT2D eigenvalue weighted by atomic mass is 16.3. The molecule has 0 aromatic rings. The maximum Gasteiger partial charge on any atom is 0.0626 e. The van der Waals surface area contributed by atoms with Gasteiger partial charge in [-0.05, 0) is 25.7 Å². The zero-order valence-corrected chi connectivity index (χ0v) is 12.5. The third-order valence-electron chi connectivity index (χ3n) is 5.79. The molecule has 0 bridgehead atoms. The summed E-state index contributed by atoms with van der Waals surface area (Å²) in [5.74, 6) is 0.664. The van der Waals surface area contributed by atoms with Gasteiger partial charge in [-0.15, -0.1) is 0 Å². The topological polar surface area (TPSA) is 32.3 Å². The van der Waals surface area contributed by atoms with Gasteiger partial charge in [-0.1, -0.05) is 41.5 Å². The van der Waals surface area contributed by atoms with Crippen molar-refractivity contribution in [2.24, 2.45) is 11.8 Å². The van der Waals surface area contributed by atoms with Crippen LogP contribution in [0.3, 0.4) is 0 Å². The predicted molar refractivity (Wildman–Crippen MR) is 74.1 cm³/mol. The number of aliphatic hydroxyl groups excluding tert-OH is 1. The van der Waals surface area contributed by atoms with Crippen molar-refractivity contribution in [3.05, 3.63) is 0 Å². The van der Waals surface area contributed by atoms with E-state index in [9.17, 15) is 5.11 Å². The molecule has 2 unspecified atom stereocenters. The maximum atomic E-state index is 10.6. The van der Waals surface area contributed by atoms with E-state index in [2.05, 4.69) is 46.9 Å². The first-order valence-corrected chi connectivity index (χ1v) is 7.40. The third-order valence-corrected chi connectivity index (χ3v) is 5.79. The zero-order valence-electron chi connectivity index (χ0n) is 12.5. The molecule has 0 radical (unpaired) electrons. The molecular formula is C15H31NO. The Morgan fingerprint density at radius 1 is 0.824 bits per heavy atom. The third kappa shape index (κ3) is 2.15. The number of rotatable bonds is 4. The Kier molecular flexibility index (Phi) is 4.65. The lowest BCUT2D eigenvalue weighted by Crippen LogP contribution is -2.71. The predicted octanol–water partition coefficient (Wildman–Crippen LogP) is 3.34. The molecule has 0 aliphatic carbocycles. The highest BCUT2D eigenvalue weighted by Crippen LogP contribution is 2.44. The number of aliphatic hydroxyl groups is 1. The molecule has 2 heteroatoms. The monoisotopic (exact) mass is 241 g/mol. The van der Waals surface area contributed by atoms with Gasteiger partial charge >= 0.3 is 0 Å². The zero-order chi connectivity index (χ0) is 13.3. The van der Waals surface area contributed by atoms with Crippen LogP contribution < -0.4 is 5.32 Å². The van der Waals surface area contributed by atoms with Crippen LogP contribution in [0.5, 0.6) is 0 Å². The largest absolute Gasteiger partial charge is 0.392 e. The summed E-state index contributed by atoms with van der Waals surface area (Å²) < 4.78 is 0. The minimum Gasteiger partial charge on any atom is -0.392 e. The summed E-state index contributed by atoms with van der Waals surface area (Å²) in [4.78, 5) is 0. The summed E-state index contributed by atoms with van der Waals surface area (Å²) in [7, 11) is 0. The lowest BCUT2D eigenvalue weighted by Gasteiger charge is -2.58. The van der Waals surface area contributed by atoms with Crippen LogP contribution in [-0.2, 0) is 0 Å². The molecule has 1 rings (SSSR count). The lowest BCUT2D eigenvalue weighted by atomic mass is 9.62. The van der Waals surface area contributed by atoms with Gasteiger partial charge in [-0.3, -0.25) is 0 Å². The summed E-state index contributed by atoms with van der Waals surface area (Å²) >= 11 is 0. The summed E-state index contributed by atoms with van der Waals surface area (Å²) in [6, 6.07) is 0. The Balaban J connectivity index is 3.13. The van der Waals surface area contributed by atoms with Crippen LogP contribution in [0.4, 0.5) is 0 Å². The lowest BCUT2D eigenvalue weighted by molar-refractivity contribution is -0.0864. The van der Waals surface area contributed by atoms with E-state index in [0.717, 1.165) is 25.7 Å². The van der Waals surface area contributed by atoms with Gasteiger partial charge in [0.2, 0.25) is 0 Å². The minimum atomic E-state index is -0.184. The van der Waals surface area contributed by atoms with Crippen LogP contribution in [-0.4, -0.2) is 22.3 Å². The van der Waals surface area contributed by atoms with E-state index in [1.807, 2.05) is 0 Å².